The van der Waals surface area contributed by atoms with Crippen LogP contribution in [0.2, 0.25) is 0 Å². The van der Waals surface area contributed by atoms with E-state index in [1.165, 1.54) is 12.1 Å². The molecule has 0 aromatic heterocycles. The van der Waals surface area contributed by atoms with Gasteiger partial charge in [0, 0.05) is 24.6 Å². The van der Waals surface area contributed by atoms with Crippen molar-refractivity contribution in [3.63, 3.8) is 0 Å². The summed E-state index contributed by atoms with van der Waals surface area (Å²) < 4.78 is 0. The molecule has 0 aliphatic rings. The van der Waals surface area contributed by atoms with E-state index in [1.54, 1.807) is 6.07 Å². The number of amides is 1. The zero-order valence-corrected chi connectivity index (χ0v) is 9.65. The Hall–Kier alpha value is -1.75. The molecule has 17 heavy (non-hydrogen) atoms. The van der Waals surface area contributed by atoms with Gasteiger partial charge in [-0.15, -0.1) is 0 Å². The minimum atomic E-state index is -0.277. The van der Waals surface area contributed by atoms with E-state index in [2.05, 4.69) is 5.32 Å². The van der Waals surface area contributed by atoms with Crippen LogP contribution in [0.15, 0.2) is 18.2 Å². The lowest BCUT2D eigenvalue weighted by molar-refractivity contribution is -0.118. The summed E-state index contributed by atoms with van der Waals surface area (Å²) in [5.41, 5.74) is 5.75. The molecule has 0 spiro atoms. The van der Waals surface area contributed by atoms with E-state index in [9.17, 15) is 9.90 Å². The molecule has 0 saturated heterocycles. The highest BCUT2D eigenvalue weighted by Gasteiger charge is 2.01. The molecular weight excluding hydrogens is 220 g/mol. The number of nitrogens with one attached hydrogen (secondary N) is 1. The molecule has 0 atom stereocenters. The van der Waals surface area contributed by atoms with Crippen LogP contribution >= 0.6 is 0 Å². The van der Waals surface area contributed by atoms with Crippen molar-refractivity contribution < 1.29 is 15.0 Å². The zero-order chi connectivity index (χ0) is 12.7. The topological polar surface area (TPSA) is 95.6 Å². The molecule has 0 aliphatic carbocycles. The van der Waals surface area contributed by atoms with Gasteiger partial charge in [-0.25, -0.2) is 0 Å². The minimum Gasteiger partial charge on any atom is -0.508 e. The number of hydrogen-bond acceptors (Lipinski definition) is 4. The Kier molecular flexibility index (Phi) is 5.29. The Morgan fingerprint density at radius 3 is 2.71 bits per heavy atom. The fourth-order valence-corrected chi connectivity index (χ4v) is 1.47. The molecule has 0 bridgehead atoms. The average molecular weight is 238 g/mol. The van der Waals surface area contributed by atoms with E-state index in [0.29, 0.717) is 13.0 Å². The SMILES string of the molecule is NC(=O)CCCCNCc1ccc(O)cc1O. The first-order chi connectivity index (χ1) is 8.09. The molecule has 94 valence electrons. The van der Waals surface area contributed by atoms with Gasteiger partial charge in [-0.1, -0.05) is 6.07 Å². The smallest absolute Gasteiger partial charge is 0.217 e. The highest BCUT2D eigenvalue weighted by molar-refractivity contribution is 5.73. The fraction of sp³-hybridized carbons (Fsp3) is 0.417. The molecule has 1 aromatic carbocycles. The summed E-state index contributed by atoms with van der Waals surface area (Å²) in [6.45, 7) is 1.29. The van der Waals surface area contributed by atoms with Gasteiger partial charge in [-0.3, -0.25) is 4.79 Å². The number of carbonyl (C=O) groups excluding carboxylic acids is 1. The molecule has 5 heteroatoms. The van der Waals surface area contributed by atoms with Gasteiger partial charge in [0.1, 0.15) is 11.5 Å². The lowest BCUT2D eigenvalue weighted by atomic mass is 10.2. The third-order valence-electron chi connectivity index (χ3n) is 2.41. The molecule has 0 radical (unpaired) electrons. The van der Waals surface area contributed by atoms with Crippen molar-refractivity contribution in [2.24, 2.45) is 5.73 Å². The largest absolute Gasteiger partial charge is 0.508 e. The van der Waals surface area contributed by atoms with Crippen LogP contribution in [0.25, 0.3) is 0 Å². The number of rotatable bonds is 7. The van der Waals surface area contributed by atoms with Gasteiger partial charge >= 0.3 is 0 Å². The van der Waals surface area contributed by atoms with Crippen LogP contribution in [0.5, 0.6) is 11.5 Å². The van der Waals surface area contributed by atoms with Gasteiger partial charge in [0.2, 0.25) is 5.91 Å². The second-order valence-corrected chi connectivity index (χ2v) is 3.91. The summed E-state index contributed by atoms with van der Waals surface area (Å²) in [6, 6.07) is 4.51. The van der Waals surface area contributed by atoms with Crippen molar-refractivity contribution in [1.82, 2.24) is 5.32 Å². The van der Waals surface area contributed by atoms with Gasteiger partial charge < -0.3 is 21.3 Å². The summed E-state index contributed by atoms with van der Waals surface area (Å²) in [7, 11) is 0. The van der Waals surface area contributed by atoms with Crippen molar-refractivity contribution in [2.45, 2.75) is 25.8 Å². The lowest BCUT2D eigenvalue weighted by Gasteiger charge is -2.06. The lowest BCUT2D eigenvalue weighted by Crippen LogP contribution is -2.16. The van der Waals surface area contributed by atoms with Crippen molar-refractivity contribution in [1.29, 1.82) is 0 Å². The van der Waals surface area contributed by atoms with E-state index in [1.807, 2.05) is 0 Å². The number of nitrogens with two attached hydrogens (primary N) is 1. The van der Waals surface area contributed by atoms with E-state index in [-0.39, 0.29) is 17.4 Å². The number of benzene rings is 1. The van der Waals surface area contributed by atoms with Crippen LogP contribution in [0.3, 0.4) is 0 Å². The second kappa shape index (κ2) is 6.75. The molecule has 1 aromatic rings. The van der Waals surface area contributed by atoms with Crippen LogP contribution in [0, 0.1) is 0 Å². The van der Waals surface area contributed by atoms with Crippen molar-refractivity contribution in [3.8, 4) is 11.5 Å². The van der Waals surface area contributed by atoms with E-state index >= 15 is 0 Å². The number of phenols is 2. The highest BCUT2D eigenvalue weighted by atomic mass is 16.3. The minimum absolute atomic E-state index is 0.0488. The third-order valence-corrected chi connectivity index (χ3v) is 2.41. The maximum absolute atomic E-state index is 10.5. The number of aromatic hydroxyl groups is 2. The third kappa shape index (κ3) is 5.21. The number of hydrogen-bond donors (Lipinski definition) is 4. The first-order valence-corrected chi connectivity index (χ1v) is 5.59. The molecule has 1 rings (SSSR count). The molecule has 0 saturated carbocycles. The van der Waals surface area contributed by atoms with Gasteiger partial charge in [0.05, 0.1) is 0 Å². The second-order valence-electron chi connectivity index (χ2n) is 3.91. The number of phenolic OH excluding ortho intramolecular Hbond substituents is 2. The molecule has 0 aliphatic heterocycles. The van der Waals surface area contributed by atoms with Crippen LogP contribution in [0.4, 0.5) is 0 Å². The van der Waals surface area contributed by atoms with Crippen molar-refractivity contribution >= 4 is 5.91 Å². The summed E-state index contributed by atoms with van der Waals surface area (Å²) >= 11 is 0. The first-order valence-electron chi connectivity index (χ1n) is 5.59. The summed E-state index contributed by atoms with van der Waals surface area (Å²) in [6.07, 6.45) is 2.04. The van der Waals surface area contributed by atoms with E-state index < -0.39 is 0 Å². The molecule has 5 nitrogen and oxygen atoms in total. The van der Waals surface area contributed by atoms with Gasteiger partial charge in [0.15, 0.2) is 0 Å². The van der Waals surface area contributed by atoms with Crippen LogP contribution < -0.4 is 11.1 Å². The number of primary amides is 1. The predicted molar refractivity (Wildman–Crippen MR) is 64.5 cm³/mol. The molecular formula is C12H18N2O3. The monoisotopic (exact) mass is 238 g/mol. The van der Waals surface area contributed by atoms with E-state index in [0.717, 1.165) is 24.9 Å². The van der Waals surface area contributed by atoms with Crippen LogP contribution in [-0.4, -0.2) is 22.7 Å². The number of unbranched alkanes of at least 4 members (excludes halogenated alkanes) is 1. The standard InChI is InChI=1S/C12H18N2O3/c13-12(17)3-1-2-6-14-8-9-4-5-10(15)7-11(9)16/h4-5,7,14-16H,1-3,6,8H2,(H2,13,17). The Morgan fingerprint density at radius 1 is 1.29 bits per heavy atom. The molecule has 1 amide bonds. The molecule has 0 heterocycles. The van der Waals surface area contributed by atoms with Gasteiger partial charge in [-0.05, 0) is 25.5 Å². The summed E-state index contributed by atoms with van der Waals surface area (Å²) in [5.74, 6) is -0.150. The van der Waals surface area contributed by atoms with Crippen molar-refractivity contribution in [2.75, 3.05) is 6.54 Å². The normalized spacial score (nSPS) is 10.4. The quantitative estimate of drug-likeness (QED) is 0.529. The van der Waals surface area contributed by atoms with E-state index in [4.69, 9.17) is 10.8 Å². The Labute approximate surface area is 100 Å². The average Bonchev–Trinajstić information content (AvgIpc) is 2.25. The Balaban J connectivity index is 2.20. The number of carbonyl (C=O) groups is 1. The maximum Gasteiger partial charge on any atom is 0.217 e. The summed E-state index contributed by atoms with van der Waals surface area (Å²) in [5, 5.41) is 21.8. The highest BCUT2D eigenvalue weighted by Crippen LogP contribution is 2.22. The Bertz CT molecular complexity index is 380. The van der Waals surface area contributed by atoms with Crippen molar-refractivity contribution in [3.05, 3.63) is 23.8 Å². The molecule has 5 N–H and O–H groups in total. The fourth-order valence-electron chi connectivity index (χ4n) is 1.47. The van der Waals surface area contributed by atoms with Crippen LogP contribution in [-0.2, 0) is 11.3 Å². The zero-order valence-electron chi connectivity index (χ0n) is 9.65. The van der Waals surface area contributed by atoms with Gasteiger partial charge in [-0.2, -0.15) is 0 Å². The first kappa shape index (κ1) is 13.3. The molecule has 0 fully saturated rings. The maximum atomic E-state index is 10.5. The summed E-state index contributed by atoms with van der Waals surface area (Å²) in [4.78, 5) is 10.5. The predicted octanol–water partition coefficient (Wildman–Crippen LogP) is 0.843. The Morgan fingerprint density at radius 2 is 2.06 bits per heavy atom. The van der Waals surface area contributed by atoms with Crippen LogP contribution in [0.1, 0.15) is 24.8 Å². The van der Waals surface area contributed by atoms with Gasteiger partial charge in [0.25, 0.3) is 0 Å². The molecule has 0 unspecified atom stereocenters.